The van der Waals surface area contributed by atoms with Crippen LogP contribution in [0.15, 0.2) is 0 Å². The van der Waals surface area contributed by atoms with E-state index in [9.17, 15) is 18.0 Å². The van der Waals surface area contributed by atoms with E-state index >= 15 is 0 Å². The number of aliphatic carboxylic acids is 1. The van der Waals surface area contributed by atoms with E-state index < -0.39 is 39.6 Å². The van der Waals surface area contributed by atoms with E-state index in [2.05, 4.69) is 5.32 Å². The Hall–Kier alpha value is -1.11. The molecule has 0 aliphatic carbocycles. The lowest BCUT2D eigenvalue weighted by molar-refractivity contribution is -0.136. The van der Waals surface area contributed by atoms with Crippen LogP contribution in [0, 0.1) is 0 Å². The van der Waals surface area contributed by atoms with E-state index in [1.807, 2.05) is 0 Å². The topological polar surface area (TPSA) is 101 Å². The molecule has 0 fully saturated rings. The average molecular weight is 223 g/mol. The molecular weight excluding hydrogens is 210 g/mol. The summed E-state index contributed by atoms with van der Waals surface area (Å²) in [7, 11) is -3.59. The van der Waals surface area contributed by atoms with Crippen LogP contribution < -0.4 is 5.32 Å². The zero-order valence-corrected chi connectivity index (χ0v) is 8.63. The van der Waals surface area contributed by atoms with E-state index in [1.165, 1.54) is 0 Å². The van der Waals surface area contributed by atoms with Crippen LogP contribution >= 0.6 is 0 Å². The standard InChI is InChI=1S/C7H13NO5S/c1-2-8-6(9)5-14(12,13)4-3-7(10)11/h2-5H2,1H3,(H,8,9)(H,10,11). The van der Waals surface area contributed by atoms with E-state index in [-0.39, 0.29) is 0 Å². The Morgan fingerprint density at radius 3 is 2.36 bits per heavy atom. The minimum atomic E-state index is -3.59. The van der Waals surface area contributed by atoms with Crippen molar-refractivity contribution in [2.45, 2.75) is 13.3 Å². The van der Waals surface area contributed by atoms with Gasteiger partial charge in [-0.15, -0.1) is 0 Å². The first-order chi connectivity index (χ1) is 6.37. The molecule has 0 unspecified atom stereocenters. The fourth-order valence-corrected chi connectivity index (χ4v) is 1.89. The molecule has 0 atom stereocenters. The molecule has 0 aliphatic rings. The Morgan fingerprint density at radius 1 is 1.36 bits per heavy atom. The van der Waals surface area contributed by atoms with Crippen LogP contribution in [-0.4, -0.2) is 43.5 Å². The maximum absolute atomic E-state index is 11.1. The van der Waals surface area contributed by atoms with Gasteiger partial charge in [0.05, 0.1) is 12.2 Å². The van der Waals surface area contributed by atoms with E-state index in [1.54, 1.807) is 6.92 Å². The number of carboxylic acids is 1. The number of carbonyl (C=O) groups is 2. The molecule has 0 saturated carbocycles. The summed E-state index contributed by atoms with van der Waals surface area (Å²) in [4.78, 5) is 21.0. The number of hydrogen-bond acceptors (Lipinski definition) is 4. The van der Waals surface area contributed by atoms with Crippen LogP contribution in [0.25, 0.3) is 0 Å². The molecule has 7 heteroatoms. The minimum absolute atomic E-state index is 0.354. The number of nitrogens with one attached hydrogen (secondary N) is 1. The van der Waals surface area contributed by atoms with Gasteiger partial charge in [-0.05, 0) is 6.92 Å². The lowest BCUT2D eigenvalue weighted by atomic mass is 10.5. The molecule has 0 aromatic rings. The SMILES string of the molecule is CCNC(=O)CS(=O)(=O)CCC(=O)O. The first-order valence-corrected chi connectivity index (χ1v) is 5.88. The highest BCUT2D eigenvalue weighted by Crippen LogP contribution is 1.94. The van der Waals surface area contributed by atoms with Crippen molar-refractivity contribution in [3.8, 4) is 0 Å². The summed E-state index contributed by atoms with van der Waals surface area (Å²) in [5.74, 6) is -2.93. The number of rotatable bonds is 6. The quantitative estimate of drug-likeness (QED) is 0.602. The molecule has 0 rings (SSSR count). The van der Waals surface area contributed by atoms with E-state index in [0.29, 0.717) is 6.54 Å². The largest absolute Gasteiger partial charge is 0.481 e. The van der Waals surface area contributed by atoms with Crippen LogP contribution in [0.2, 0.25) is 0 Å². The summed E-state index contributed by atoms with van der Waals surface area (Å²) in [6.45, 7) is 2.02. The van der Waals surface area contributed by atoms with Gasteiger partial charge in [0.15, 0.2) is 9.84 Å². The molecule has 14 heavy (non-hydrogen) atoms. The van der Waals surface area contributed by atoms with Crippen LogP contribution in [-0.2, 0) is 19.4 Å². The zero-order chi connectivity index (χ0) is 11.2. The second-order valence-corrected chi connectivity index (χ2v) is 4.87. The van der Waals surface area contributed by atoms with Gasteiger partial charge in [-0.25, -0.2) is 8.42 Å². The highest BCUT2D eigenvalue weighted by Gasteiger charge is 2.17. The van der Waals surface area contributed by atoms with Gasteiger partial charge in [-0.3, -0.25) is 9.59 Å². The van der Waals surface area contributed by atoms with Gasteiger partial charge in [0, 0.05) is 6.54 Å². The second kappa shape index (κ2) is 5.58. The van der Waals surface area contributed by atoms with E-state index in [0.717, 1.165) is 0 Å². The summed E-state index contributed by atoms with van der Waals surface area (Å²) in [5.41, 5.74) is 0. The fraction of sp³-hybridized carbons (Fsp3) is 0.714. The first-order valence-electron chi connectivity index (χ1n) is 4.06. The van der Waals surface area contributed by atoms with Crippen molar-refractivity contribution in [2.75, 3.05) is 18.1 Å². The third-order valence-electron chi connectivity index (χ3n) is 1.35. The van der Waals surface area contributed by atoms with Crippen LogP contribution in [0.1, 0.15) is 13.3 Å². The Kier molecular flexibility index (Phi) is 5.14. The van der Waals surface area contributed by atoms with Crippen molar-refractivity contribution in [1.82, 2.24) is 5.32 Å². The van der Waals surface area contributed by atoms with Crippen LogP contribution in [0.4, 0.5) is 0 Å². The smallest absolute Gasteiger partial charge is 0.304 e. The second-order valence-electron chi connectivity index (χ2n) is 2.69. The number of hydrogen-bond donors (Lipinski definition) is 2. The van der Waals surface area contributed by atoms with Gasteiger partial charge >= 0.3 is 5.97 Å². The van der Waals surface area contributed by atoms with Gasteiger partial charge in [0.25, 0.3) is 0 Å². The molecule has 0 aromatic carbocycles. The average Bonchev–Trinajstić information content (AvgIpc) is 2.00. The molecule has 0 heterocycles. The zero-order valence-electron chi connectivity index (χ0n) is 7.82. The molecule has 0 radical (unpaired) electrons. The Bertz CT molecular complexity index is 308. The lowest BCUT2D eigenvalue weighted by Gasteiger charge is -2.02. The van der Waals surface area contributed by atoms with Crippen molar-refractivity contribution in [2.24, 2.45) is 0 Å². The van der Waals surface area contributed by atoms with Crippen molar-refractivity contribution < 1.29 is 23.1 Å². The van der Waals surface area contributed by atoms with Crippen molar-refractivity contribution in [1.29, 1.82) is 0 Å². The molecule has 82 valence electrons. The Morgan fingerprint density at radius 2 is 1.93 bits per heavy atom. The van der Waals surface area contributed by atoms with E-state index in [4.69, 9.17) is 5.11 Å². The number of sulfone groups is 1. The molecule has 0 aliphatic heterocycles. The van der Waals surface area contributed by atoms with Crippen LogP contribution in [0.3, 0.4) is 0 Å². The molecule has 0 saturated heterocycles. The predicted octanol–water partition coefficient (Wildman–Crippen LogP) is -0.988. The van der Waals surface area contributed by atoms with Gasteiger partial charge < -0.3 is 10.4 Å². The summed E-state index contributed by atoms with van der Waals surface area (Å²) in [6.07, 6.45) is -0.470. The molecule has 0 aromatic heterocycles. The van der Waals surface area contributed by atoms with Gasteiger partial charge in [0.1, 0.15) is 5.75 Å². The summed E-state index contributed by atoms with van der Waals surface area (Å²) >= 11 is 0. The summed E-state index contributed by atoms with van der Waals surface area (Å²) < 4.78 is 22.2. The normalized spacial score (nSPS) is 10.9. The highest BCUT2D eigenvalue weighted by molar-refractivity contribution is 7.92. The molecule has 2 N–H and O–H groups in total. The van der Waals surface area contributed by atoms with Gasteiger partial charge in [0.2, 0.25) is 5.91 Å². The number of amides is 1. The minimum Gasteiger partial charge on any atom is -0.481 e. The maximum atomic E-state index is 11.1. The maximum Gasteiger partial charge on any atom is 0.304 e. The van der Waals surface area contributed by atoms with Crippen molar-refractivity contribution in [3.63, 3.8) is 0 Å². The van der Waals surface area contributed by atoms with Gasteiger partial charge in [-0.2, -0.15) is 0 Å². The number of carbonyl (C=O) groups excluding carboxylic acids is 1. The molecule has 1 amide bonds. The lowest BCUT2D eigenvalue weighted by Crippen LogP contribution is -2.31. The summed E-state index contributed by atoms with van der Waals surface area (Å²) in [6, 6.07) is 0. The fourth-order valence-electron chi connectivity index (χ4n) is 0.763. The third-order valence-corrected chi connectivity index (χ3v) is 2.88. The Labute approximate surface area is 82.2 Å². The molecule has 0 bridgehead atoms. The predicted molar refractivity (Wildman–Crippen MR) is 49.6 cm³/mol. The molecule has 6 nitrogen and oxygen atoms in total. The van der Waals surface area contributed by atoms with Gasteiger partial charge in [-0.1, -0.05) is 0 Å². The molecule has 0 spiro atoms. The highest BCUT2D eigenvalue weighted by atomic mass is 32.2. The number of carboxylic acid groups (broad SMARTS) is 1. The van der Waals surface area contributed by atoms with Crippen molar-refractivity contribution in [3.05, 3.63) is 0 Å². The monoisotopic (exact) mass is 223 g/mol. The Balaban J connectivity index is 4.08. The third kappa shape index (κ3) is 6.41. The van der Waals surface area contributed by atoms with Crippen molar-refractivity contribution >= 4 is 21.7 Å². The van der Waals surface area contributed by atoms with Crippen LogP contribution in [0.5, 0.6) is 0 Å². The first kappa shape index (κ1) is 12.9. The molecular formula is C7H13NO5S. The summed E-state index contributed by atoms with van der Waals surface area (Å²) in [5, 5.41) is 10.6.